The Bertz CT molecular complexity index is 237. The number of carbonyl (C=O) groups excluding carboxylic acids is 1. The molecule has 0 heterocycles. The number of nitrogens with two attached hydrogens (primary N) is 1. The lowest BCUT2D eigenvalue weighted by atomic mass is 9.63. The number of likely N-dealkylation sites (N-methyl/N-ethyl adjacent to an activating group) is 1. The summed E-state index contributed by atoms with van der Waals surface area (Å²) in [6.45, 7) is 6.62. The molecule has 2 atom stereocenters. The molecular formula is C11H22N2O. The molecule has 3 N–H and O–H groups in total. The third-order valence-electron chi connectivity index (χ3n) is 3.78. The van der Waals surface area contributed by atoms with E-state index in [4.69, 9.17) is 5.73 Å². The van der Waals surface area contributed by atoms with E-state index in [0.717, 1.165) is 19.3 Å². The van der Waals surface area contributed by atoms with Gasteiger partial charge in [-0.25, -0.2) is 0 Å². The summed E-state index contributed by atoms with van der Waals surface area (Å²) >= 11 is 0. The van der Waals surface area contributed by atoms with Gasteiger partial charge in [0.2, 0.25) is 5.91 Å². The van der Waals surface area contributed by atoms with Gasteiger partial charge in [0.1, 0.15) is 0 Å². The summed E-state index contributed by atoms with van der Waals surface area (Å²) in [4.78, 5) is 11.5. The average Bonchev–Trinajstić information content (AvgIpc) is 2.03. The lowest BCUT2D eigenvalue weighted by molar-refractivity contribution is -0.129. The normalized spacial score (nSPS) is 36.7. The highest BCUT2D eigenvalue weighted by Crippen LogP contribution is 2.43. The highest BCUT2D eigenvalue weighted by molar-refractivity contribution is 5.85. The van der Waals surface area contributed by atoms with Gasteiger partial charge in [-0.05, 0) is 37.6 Å². The molecule has 14 heavy (non-hydrogen) atoms. The van der Waals surface area contributed by atoms with Gasteiger partial charge < -0.3 is 11.1 Å². The molecule has 0 aliphatic heterocycles. The minimum atomic E-state index is -0.477. The second-order valence-electron chi connectivity index (χ2n) is 5.35. The van der Waals surface area contributed by atoms with Gasteiger partial charge in [0, 0.05) is 0 Å². The maximum Gasteiger partial charge on any atom is 0.237 e. The molecule has 2 unspecified atom stereocenters. The summed E-state index contributed by atoms with van der Waals surface area (Å²) in [5.74, 6) is 0.108. The summed E-state index contributed by atoms with van der Waals surface area (Å²) in [5.41, 5.74) is 5.36. The van der Waals surface area contributed by atoms with E-state index < -0.39 is 5.54 Å². The van der Waals surface area contributed by atoms with E-state index in [1.165, 1.54) is 0 Å². The van der Waals surface area contributed by atoms with Crippen LogP contribution in [-0.2, 0) is 4.79 Å². The predicted octanol–water partition coefficient (Wildman–Crippen LogP) is 1.28. The van der Waals surface area contributed by atoms with Crippen LogP contribution in [0, 0.1) is 11.3 Å². The summed E-state index contributed by atoms with van der Waals surface area (Å²) in [6, 6.07) is 0. The molecule has 1 aliphatic carbocycles. The van der Waals surface area contributed by atoms with Gasteiger partial charge in [0.05, 0.1) is 5.54 Å². The Morgan fingerprint density at radius 1 is 1.43 bits per heavy atom. The van der Waals surface area contributed by atoms with E-state index in [0.29, 0.717) is 11.3 Å². The lowest BCUT2D eigenvalue weighted by Gasteiger charge is -2.46. The quantitative estimate of drug-likeness (QED) is 0.702. The number of amides is 1. The van der Waals surface area contributed by atoms with Gasteiger partial charge in [0.25, 0.3) is 0 Å². The Morgan fingerprint density at radius 3 is 2.36 bits per heavy atom. The number of primary amides is 1. The van der Waals surface area contributed by atoms with Crippen molar-refractivity contribution in [3.8, 4) is 0 Å². The number of carbonyl (C=O) groups is 1. The predicted molar refractivity (Wildman–Crippen MR) is 57.8 cm³/mol. The molecular weight excluding hydrogens is 176 g/mol. The van der Waals surface area contributed by atoms with Crippen LogP contribution in [0.2, 0.25) is 0 Å². The van der Waals surface area contributed by atoms with Crippen molar-refractivity contribution >= 4 is 5.91 Å². The molecule has 0 aromatic carbocycles. The highest BCUT2D eigenvalue weighted by atomic mass is 16.1. The molecule has 1 amide bonds. The van der Waals surface area contributed by atoms with Crippen molar-refractivity contribution in [1.29, 1.82) is 0 Å². The third-order valence-corrected chi connectivity index (χ3v) is 3.78. The number of hydrogen-bond acceptors (Lipinski definition) is 2. The standard InChI is InChI=1S/C11H22N2O/c1-8-7-10(2,3)5-6-11(8,13-4)9(12)14/h8,13H,5-7H2,1-4H3,(H2,12,14). The molecule has 0 radical (unpaired) electrons. The fourth-order valence-electron chi connectivity index (χ4n) is 2.75. The monoisotopic (exact) mass is 198 g/mol. The van der Waals surface area contributed by atoms with Crippen LogP contribution >= 0.6 is 0 Å². The molecule has 1 rings (SSSR count). The fraction of sp³-hybridized carbons (Fsp3) is 0.909. The lowest BCUT2D eigenvalue weighted by Crippen LogP contribution is -2.61. The van der Waals surface area contributed by atoms with E-state index in [-0.39, 0.29) is 5.91 Å². The zero-order chi connectivity index (χ0) is 11.0. The second-order valence-corrected chi connectivity index (χ2v) is 5.35. The van der Waals surface area contributed by atoms with Crippen LogP contribution in [0.25, 0.3) is 0 Å². The van der Waals surface area contributed by atoms with E-state index in [1.807, 2.05) is 7.05 Å². The SMILES string of the molecule is CNC1(C(N)=O)CCC(C)(C)CC1C. The minimum absolute atomic E-state index is 0.206. The largest absolute Gasteiger partial charge is 0.368 e. The van der Waals surface area contributed by atoms with Crippen molar-refractivity contribution in [2.24, 2.45) is 17.1 Å². The van der Waals surface area contributed by atoms with Crippen LogP contribution in [0.4, 0.5) is 0 Å². The average molecular weight is 198 g/mol. The molecule has 1 aliphatic rings. The van der Waals surface area contributed by atoms with Crippen LogP contribution in [-0.4, -0.2) is 18.5 Å². The molecule has 0 bridgehead atoms. The molecule has 0 spiro atoms. The van der Waals surface area contributed by atoms with Gasteiger partial charge >= 0.3 is 0 Å². The van der Waals surface area contributed by atoms with E-state index in [9.17, 15) is 4.79 Å². The van der Waals surface area contributed by atoms with Crippen LogP contribution in [0.15, 0.2) is 0 Å². The molecule has 3 heteroatoms. The van der Waals surface area contributed by atoms with Crippen molar-refractivity contribution in [2.45, 2.75) is 45.6 Å². The molecule has 3 nitrogen and oxygen atoms in total. The Kier molecular flexibility index (Phi) is 2.91. The summed E-state index contributed by atoms with van der Waals surface area (Å²) in [7, 11) is 1.83. The first-order valence-electron chi connectivity index (χ1n) is 5.33. The minimum Gasteiger partial charge on any atom is -0.368 e. The zero-order valence-corrected chi connectivity index (χ0v) is 9.68. The maximum atomic E-state index is 11.5. The second kappa shape index (κ2) is 3.54. The van der Waals surface area contributed by atoms with E-state index in [1.54, 1.807) is 0 Å². The van der Waals surface area contributed by atoms with Gasteiger partial charge in [-0.2, -0.15) is 0 Å². The van der Waals surface area contributed by atoms with Gasteiger partial charge in [0.15, 0.2) is 0 Å². The number of nitrogens with one attached hydrogen (secondary N) is 1. The number of hydrogen-bond donors (Lipinski definition) is 2. The topological polar surface area (TPSA) is 55.1 Å². The highest BCUT2D eigenvalue weighted by Gasteiger charge is 2.46. The Labute approximate surface area is 86.4 Å². The van der Waals surface area contributed by atoms with Crippen molar-refractivity contribution in [2.75, 3.05) is 7.05 Å². The van der Waals surface area contributed by atoms with Crippen LogP contribution in [0.1, 0.15) is 40.0 Å². The Balaban J connectivity index is 2.87. The fourth-order valence-corrected chi connectivity index (χ4v) is 2.75. The molecule has 1 fully saturated rings. The van der Waals surface area contributed by atoms with Crippen LogP contribution < -0.4 is 11.1 Å². The zero-order valence-electron chi connectivity index (χ0n) is 9.68. The van der Waals surface area contributed by atoms with Crippen molar-refractivity contribution < 1.29 is 4.79 Å². The Hall–Kier alpha value is -0.570. The Morgan fingerprint density at radius 2 is 2.00 bits per heavy atom. The third kappa shape index (κ3) is 1.78. The first-order valence-corrected chi connectivity index (χ1v) is 5.33. The van der Waals surface area contributed by atoms with Crippen molar-refractivity contribution in [3.05, 3.63) is 0 Å². The van der Waals surface area contributed by atoms with Crippen molar-refractivity contribution in [3.63, 3.8) is 0 Å². The summed E-state index contributed by atoms with van der Waals surface area (Å²) in [6.07, 6.45) is 2.96. The van der Waals surface area contributed by atoms with E-state index >= 15 is 0 Å². The number of rotatable bonds is 2. The first kappa shape index (κ1) is 11.5. The van der Waals surface area contributed by atoms with Crippen LogP contribution in [0.5, 0.6) is 0 Å². The summed E-state index contributed by atoms with van der Waals surface area (Å²) in [5, 5.41) is 3.13. The van der Waals surface area contributed by atoms with Crippen LogP contribution in [0.3, 0.4) is 0 Å². The van der Waals surface area contributed by atoms with Gasteiger partial charge in [-0.1, -0.05) is 20.8 Å². The van der Waals surface area contributed by atoms with Gasteiger partial charge in [-0.15, -0.1) is 0 Å². The molecule has 82 valence electrons. The molecule has 0 aromatic rings. The first-order chi connectivity index (χ1) is 6.34. The van der Waals surface area contributed by atoms with E-state index in [2.05, 4.69) is 26.1 Å². The van der Waals surface area contributed by atoms with Crippen molar-refractivity contribution in [1.82, 2.24) is 5.32 Å². The molecule has 1 saturated carbocycles. The smallest absolute Gasteiger partial charge is 0.237 e. The molecule has 0 saturated heterocycles. The summed E-state index contributed by atoms with van der Waals surface area (Å²) < 4.78 is 0. The maximum absolute atomic E-state index is 11.5. The van der Waals surface area contributed by atoms with Gasteiger partial charge in [-0.3, -0.25) is 4.79 Å². The molecule has 0 aromatic heterocycles.